The Hall–Kier alpha value is -2.68. The summed E-state index contributed by atoms with van der Waals surface area (Å²) < 4.78 is 42.2. The first-order valence-corrected chi connectivity index (χ1v) is 7.98. The fraction of sp³-hybridized carbons (Fsp3) is 0.176. The molecule has 0 fully saturated rings. The van der Waals surface area contributed by atoms with Crippen LogP contribution >= 0.6 is 15.9 Å². The minimum absolute atomic E-state index is 0.0895. The van der Waals surface area contributed by atoms with Crippen molar-refractivity contribution in [2.45, 2.75) is 0 Å². The van der Waals surface area contributed by atoms with Gasteiger partial charge in [-0.05, 0) is 40.2 Å². The lowest BCUT2D eigenvalue weighted by molar-refractivity contribution is -0.119. The van der Waals surface area contributed by atoms with Gasteiger partial charge in [0.2, 0.25) is 0 Å². The van der Waals surface area contributed by atoms with Crippen LogP contribution in [0.25, 0.3) is 0 Å². The predicted molar refractivity (Wildman–Crippen MR) is 92.5 cm³/mol. The molecule has 0 spiro atoms. The molecule has 0 radical (unpaired) electrons. The zero-order chi connectivity index (χ0) is 19.3. The van der Waals surface area contributed by atoms with E-state index in [-0.39, 0.29) is 11.3 Å². The lowest BCUT2D eigenvalue weighted by atomic mass is 10.2. The SMILES string of the molecule is COc1cc(C(=O)OCC(=O)Nc2cc(F)ccc2F)cc(OC)c1Br. The molecule has 0 aliphatic carbocycles. The fourth-order valence-corrected chi connectivity index (χ4v) is 2.53. The Morgan fingerprint density at radius 3 is 2.27 bits per heavy atom. The Morgan fingerprint density at radius 2 is 1.69 bits per heavy atom. The summed E-state index contributed by atoms with van der Waals surface area (Å²) in [6.07, 6.45) is 0. The van der Waals surface area contributed by atoms with Crippen molar-refractivity contribution in [2.24, 2.45) is 0 Å². The lowest BCUT2D eigenvalue weighted by Crippen LogP contribution is -2.21. The molecule has 0 atom stereocenters. The molecule has 0 unspecified atom stereocenters. The highest BCUT2D eigenvalue weighted by Crippen LogP contribution is 2.35. The third kappa shape index (κ3) is 4.69. The van der Waals surface area contributed by atoms with Gasteiger partial charge in [0.1, 0.15) is 27.6 Å². The normalized spacial score (nSPS) is 10.2. The third-order valence-corrected chi connectivity index (χ3v) is 4.00. The van der Waals surface area contributed by atoms with Crippen molar-refractivity contribution < 1.29 is 32.6 Å². The van der Waals surface area contributed by atoms with Gasteiger partial charge in [-0.2, -0.15) is 0 Å². The number of amides is 1. The summed E-state index contributed by atoms with van der Waals surface area (Å²) >= 11 is 3.26. The highest BCUT2D eigenvalue weighted by molar-refractivity contribution is 9.10. The number of halogens is 3. The Morgan fingerprint density at radius 1 is 1.08 bits per heavy atom. The van der Waals surface area contributed by atoms with Crippen molar-refractivity contribution in [3.63, 3.8) is 0 Å². The molecule has 2 aromatic rings. The van der Waals surface area contributed by atoms with Crippen LogP contribution in [0.4, 0.5) is 14.5 Å². The van der Waals surface area contributed by atoms with Crippen molar-refractivity contribution in [1.82, 2.24) is 0 Å². The molecule has 0 aliphatic heterocycles. The summed E-state index contributed by atoms with van der Waals surface area (Å²) in [5, 5.41) is 2.12. The van der Waals surface area contributed by atoms with Gasteiger partial charge in [0.25, 0.3) is 5.91 Å². The van der Waals surface area contributed by atoms with Crippen LogP contribution in [0.5, 0.6) is 11.5 Å². The van der Waals surface area contributed by atoms with Crippen LogP contribution in [-0.4, -0.2) is 32.7 Å². The molecular formula is C17H14BrF2NO5. The number of hydrogen-bond donors (Lipinski definition) is 1. The maximum absolute atomic E-state index is 13.5. The van der Waals surface area contributed by atoms with E-state index in [9.17, 15) is 18.4 Å². The number of carbonyl (C=O) groups excluding carboxylic acids is 2. The van der Waals surface area contributed by atoms with Gasteiger partial charge in [-0.3, -0.25) is 4.79 Å². The number of ether oxygens (including phenoxy) is 3. The second-order valence-electron chi connectivity index (χ2n) is 4.94. The van der Waals surface area contributed by atoms with Crippen molar-refractivity contribution in [2.75, 3.05) is 26.1 Å². The molecule has 0 aliphatic rings. The molecule has 0 bridgehead atoms. The Labute approximate surface area is 156 Å². The number of rotatable bonds is 6. The first-order chi connectivity index (χ1) is 12.3. The Balaban J connectivity index is 2.04. The summed E-state index contributed by atoms with van der Waals surface area (Å²) in [7, 11) is 2.82. The molecule has 0 aromatic heterocycles. The van der Waals surface area contributed by atoms with Crippen LogP contribution in [0.1, 0.15) is 10.4 Å². The van der Waals surface area contributed by atoms with Crippen LogP contribution in [0.15, 0.2) is 34.8 Å². The van der Waals surface area contributed by atoms with Crippen molar-refractivity contribution in [3.05, 3.63) is 52.0 Å². The van der Waals surface area contributed by atoms with Gasteiger partial charge < -0.3 is 19.5 Å². The van der Waals surface area contributed by atoms with E-state index in [1.54, 1.807) is 0 Å². The van der Waals surface area contributed by atoms with Gasteiger partial charge in [-0.25, -0.2) is 13.6 Å². The van der Waals surface area contributed by atoms with E-state index in [2.05, 4.69) is 21.2 Å². The summed E-state index contributed by atoms with van der Waals surface area (Å²) in [6, 6.07) is 5.41. The predicted octanol–water partition coefficient (Wildman–Crippen LogP) is 3.54. The molecule has 9 heteroatoms. The molecule has 2 aromatic carbocycles. The minimum atomic E-state index is -0.820. The second kappa shape index (κ2) is 8.61. The van der Waals surface area contributed by atoms with Crippen LogP contribution < -0.4 is 14.8 Å². The zero-order valence-corrected chi connectivity index (χ0v) is 15.4. The van der Waals surface area contributed by atoms with Gasteiger partial charge in [-0.1, -0.05) is 0 Å². The van der Waals surface area contributed by atoms with E-state index in [1.807, 2.05) is 0 Å². The van der Waals surface area contributed by atoms with Crippen LogP contribution in [0, 0.1) is 11.6 Å². The molecule has 1 amide bonds. The number of anilines is 1. The molecule has 2 rings (SSSR count). The van der Waals surface area contributed by atoms with Gasteiger partial charge >= 0.3 is 5.97 Å². The summed E-state index contributed by atoms with van der Waals surface area (Å²) in [5.41, 5.74) is -0.260. The second-order valence-corrected chi connectivity index (χ2v) is 5.74. The van der Waals surface area contributed by atoms with Gasteiger partial charge in [0.15, 0.2) is 6.61 Å². The molecule has 6 nitrogen and oxygen atoms in total. The Kier molecular flexibility index (Phi) is 6.51. The van der Waals surface area contributed by atoms with Gasteiger partial charge in [-0.15, -0.1) is 0 Å². The topological polar surface area (TPSA) is 73.9 Å². The third-order valence-electron chi connectivity index (χ3n) is 3.22. The van der Waals surface area contributed by atoms with Crippen molar-refractivity contribution in [3.8, 4) is 11.5 Å². The smallest absolute Gasteiger partial charge is 0.338 e. The van der Waals surface area contributed by atoms with E-state index in [0.29, 0.717) is 16.0 Å². The molecule has 138 valence electrons. The van der Waals surface area contributed by atoms with E-state index in [1.165, 1.54) is 26.4 Å². The molecular weight excluding hydrogens is 416 g/mol. The number of esters is 1. The first kappa shape index (κ1) is 19.6. The number of methoxy groups -OCH3 is 2. The van der Waals surface area contributed by atoms with E-state index >= 15 is 0 Å². The summed E-state index contributed by atoms with van der Waals surface area (Å²) in [5.74, 6) is -2.49. The largest absolute Gasteiger partial charge is 0.495 e. The van der Waals surface area contributed by atoms with Gasteiger partial charge in [0.05, 0.1) is 25.5 Å². The van der Waals surface area contributed by atoms with Crippen LogP contribution in [-0.2, 0) is 9.53 Å². The van der Waals surface area contributed by atoms with Crippen LogP contribution in [0.3, 0.4) is 0 Å². The maximum Gasteiger partial charge on any atom is 0.338 e. The first-order valence-electron chi connectivity index (χ1n) is 7.19. The monoisotopic (exact) mass is 429 g/mol. The Bertz CT molecular complexity index is 819. The van der Waals surface area contributed by atoms with Crippen molar-refractivity contribution in [1.29, 1.82) is 0 Å². The highest BCUT2D eigenvalue weighted by Gasteiger charge is 2.17. The van der Waals surface area contributed by atoms with E-state index in [0.717, 1.165) is 18.2 Å². The van der Waals surface area contributed by atoms with Crippen molar-refractivity contribution >= 4 is 33.5 Å². The molecule has 26 heavy (non-hydrogen) atoms. The van der Waals surface area contributed by atoms with E-state index in [4.69, 9.17) is 14.2 Å². The summed E-state index contributed by atoms with van der Waals surface area (Å²) in [4.78, 5) is 23.9. The average molecular weight is 430 g/mol. The average Bonchev–Trinajstić information content (AvgIpc) is 2.63. The molecule has 0 heterocycles. The standard InChI is InChI=1S/C17H14BrF2NO5/c1-24-13-5-9(6-14(25-2)16(13)18)17(23)26-8-15(22)21-12-7-10(19)3-4-11(12)20/h3-7H,8H2,1-2H3,(H,21,22). The van der Waals surface area contributed by atoms with Crippen LogP contribution in [0.2, 0.25) is 0 Å². The minimum Gasteiger partial charge on any atom is -0.495 e. The summed E-state index contributed by atoms with van der Waals surface area (Å²) in [6.45, 7) is -0.685. The molecule has 1 N–H and O–H groups in total. The lowest BCUT2D eigenvalue weighted by Gasteiger charge is -2.11. The number of hydrogen-bond acceptors (Lipinski definition) is 5. The number of carbonyl (C=O) groups is 2. The maximum atomic E-state index is 13.5. The number of benzene rings is 2. The molecule has 0 saturated carbocycles. The zero-order valence-electron chi connectivity index (χ0n) is 13.8. The number of nitrogens with one attached hydrogen (secondary N) is 1. The molecule has 0 saturated heterocycles. The quantitative estimate of drug-likeness (QED) is 0.710. The fourth-order valence-electron chi connectivity index (χ4n) is 1.98. The highest BCUT2D eigenvalue weighted by atomic mass is 79.9. The van der Waals surface area contributed by atoms with E-state index < -0.39 is 30.1 Å². The van der Waals surface area contributed by atoms with Gasteiger partial charge in [0, 0.05) is 6.07 Å².